The van der Waals surface area contributed by atoms with Crippen LogP contribution in [0.15, 0.2) is 52.1 Å². The van der Waals surface area contributed by atoms with Crippen molar-refractivity contribution in [3.05, 3.63) is 59.5 Å². The monoisotopic (exact) mass is 479 g/mol. The number of guanidine groups is 1. The van der Waals surface area contributed by atoms with Gasteiger partial charge in [-0.25, -0.2) is 0 Å². The number of halogens is 1. The fourth-order valence-electron chi connectivity index (χ4n) is 3.29. The maximum absolute atomic E-state index is 9.01. The topological polar surface area (TPSA) is 76.6 Å². The van der Waals surface area contributed by atoms with Gasteiger partial charge in [0.1, 0.15) is 5.76 Å². The van der Waals surface area contributed by atoms with Gasteiger partial charge in [0.05, 0.1) is 23.9 Å². The molecule has 2 heterocycles. The Kier molecular flexibility index (Phi) is 8.61. The van der Waals surface area contributed by atoms with Crippen molar-refractivity contribution in [3.8, 4) is 6.07 Å². The first-order valence-electron chi connectivity index (χ1n) is 9.01. The lowest BCUT2D eigenvalue weighted by Gasteiger charge is -2.26. The molecular formula is C20H26IN5O. The maximum Gasteiger partial charge on any atom is 0.191 e. The molecule has 27 heavy (non-hydrogen) atoms. The van der Waals surface area contributed by atoms with Gasteiger partial charge in [-0.15, -0.1) is 24.0 Å². The average Bonchev–Trinajstić information content (AvgIpc) is 3.39. The van der Waals surface area contributed by atoms with E-state index in [9.17, 15) is 0 Å². The van der Waals surface area contributed by atoms with Crippen molar-refractivity contribution in [1.29, 1.82) is 5.26 Å². The second-order valence-electron chi connectivity index (χ2n) is 6.39. The Labute approximate surface area is 177 Å². The minimum absolute atomic E-state index is 0. The van der Waals surface area contributed by atoms with E-state index in [1.54, 1.807) is 19.4 Å². The number of nitrogens with one attached hydrogen (secondary N) is 2. The van der Waals surface area contributed by atoms with E-state index < -0.39 is 0 Å². The maximum atomic E-state index is 9.01. The van der Waals surface area contributed by atoms with Gasteiger partial charge < -0.3 is 15.1 Å². The molecule has 1 fully saturated rings. The lowest BCUT2D eigenvalue weighted by Crippen LogP contribution is -2.42. The number of benzene rings is 1. The van der Waals surface area contributed by atoms with Crippen LogP contribution in [0.25, 0.3) is 0 Å². The zero-order valence-electron chi connectivity index (χ0n) is 15.5. The van der Waals surface area contributed by atoms with E-state index in [0.29, 0.717) is 12.1 Å². The number of nitrogens with zero attached hydrogens (tertiary/aromatic N) is 3. The number of hydrogen-bond acceptors (Lipinski definition) is 4. The van der Waals surface area contributed by atoms with Crippen LogP contribution in [0, 0.1) is 11.3 Å². The summed E-state index contributed by atoms with van der Waals surface area (Å²) in [7, 11) is 1.76. The second-order valence-corrected chi connectivity index (χ2v) is 6.39. The molecule has 0 radical (unpaired) electrons. The summed E-state index contributed by atoms with van der Waals surface area (Å²) in [6.07, 6.45) is 4.20. The van der Waals surface area contributed by atoms with Crippen LogP contribution in [-0.4, -0.2) is 37.5 Å². The van der Waals surface area contributed by atoms with Gasteiger partial charge in [0.2, 0.25) is 0 Å². The second kappa shape index (κ2) is 10.9. The highest BCUT2D eigenvalue weighted by molar-refractivity contribution is 14.0. The van der Waals surface area contributed by atoms with Crippen LogP contribution in [0.3, 0.4) is 0 Å². The number of furan rings is 1. The Morgan fingerprint density at radius 3 is 2.74 bits per heavy atom. The molecule has 2 aromatic rings. The minimum Gasteiger partial charge on any atom is -0.468 e. The SMILES string of the molecule is CN=C(NCc1cccc(C#N)c1)NCC(c1ccco1)N1CCCC1.I. The van der Waals surface area contributed by atoms with Gasteiger partial charge >= 0.3 is 0 Å². The van der Waals surface area contributed by atoms with Crippen LogP contribution in [0.1, 0.15) is 35.8 Å². The van der Waals surface area contributed by atoms with Crippen molar-refractivity contribution in [2.45, 2.75) is 25.4 Å². The van der Waals surface area contributed by atoms with Gasteiger partial charge in [-0.1, -0.05) is 12.1 Å². The molecule has 1 aromatic carbocycles. The average molecular weight is 479 g/mol. The van der Waals surface area contributed by atoms with Crippen LogP contribution in [-0.2, 0) is 6.54 Å². The normalized spacial score (nSPS) is 15.6. The predicted molar refractivity (Wildman–Crippen MR) is 117 cm³/mol. The summed E-state index contributed by atoms with van der Waals surface area (Å²) < 4.78 is 5.66. The van der Waals surface area contributed by atoms with Crippen molar-refractivity contribution in [1.82, 2.24) is 15.5 Å². The molecule has 1 saturated heterocycles. The molecule has 0 saturated carbocycles. The Balaban J connectivity index is 0.00000261. The molecule has 1 unspecified atom stereocenters. The van der Waals surface area contributed by atoms with Crippen LogP contribution < -0.4 is 10.6 Å². The molecule has 1 aromatic heterocycles. The van der Waals surface area contributed by atoms with Gasteiger partial charge in [0.25, 0.3) is 0 Å². The first kappa shape index (κ1) is 21.3. The number of rotatable bonds is 6. The van der Waals surface area contributed by atoms with Crippen LogP contribution in [0.4, 0.5) is 0 Å². The highest BCUT2D eigenvalue weighted by Gasteiger charge is 2.25. The zero-order valence-corrected chi connectivity index (χ0v) is 17.8. The van der Waals surface area contributed by atoms with E-state index in [2.05, 4.69) is 26.6 Å². The minimum atomic E-state index is 0. The third-order valence-corrected chi connectivity index (χ3v) is 4.66. The van der Waals surface area contributed by atoms with Crippen molar-refractivity contribution in [2.24, 2.45) is 4.99 Å². The van der Waals surface area contributed by atoms with E-state index in [1.807, 2.05) is 30.3 Å². The summed E-state index contributed by atoms with van der Waals surface area (Å²) in [5.41, 5.74) is 1.72. The summed E-state index contributed by atoms with van der Waals surface area (Å²) in [4.78, 5) is 6.76. The fraction of sp³-hybridized carbons (Fsp3) is 0.400. The number of aliphatic imine (C=N–C) groups is 1. The molecule has 144 valence electrons. The summed E-state index contributed by atoms with van der Waals surface area (Å²) in [6.45, 7) is 3.54. The fourth-order valence-corrected chi connectivity index (χ4v) is 3.29. The van der Waals surface area contributed by atoms with Gasteiger partial charge in [0.15, 0.2) is 5.96 Å². The highest BCUT2D eigenvalue weighted by atomic mass is 127. The third-order valence-electron chi connectivity index (χ3n) is 4.66. The number of hydrogen-bond donors (Lipinski definition) is 2. The molecule has 0 aliphatic carbocycles. The van der Waals surface area contributed by atoms with E-state index >= 15 is 0 Å². The summed E-state index contributed by atoms with van der Waals surface area (Å²) in [5.74, 6) is 1.72. The van der Waals surface area contributed by atoms with Crippen molar-refractivity contribution in [2.75, 3.05) is 26.7 Å². The van der Waals surface area contributed by atoms with Crippen molar-refractivity contribution >= 4 is 29.9 Å². The molecule has 0 amide bonds. The van der Waals surface area contributed by atoms with E-state index in [-0.39, 0.29) is 30.0 Å². The van der Waals surface area contributed by atoms with Gasteiger partial charge in [0, 0.05) is 20.1 Å². The first-order chi connectivity index (χ1) is 12.8. The summed E-state index contributed by atoms with van der Waals surface area (Å²) >= 11 is 0. The van der Waals surface area contributed by atoms with E-state index in [1.165, 1.54) is 12.8 Å². The number of nitriles is 1. The molecule has 1 atom stereocenters. The molecule has 1 aliphatic rings. The molecular weight excluding hydrogens is 453 g/mol. The van der Waals surface area contributed by atoms with Gasteiger partial charge in [-0.2, -0.15) is 5.26 Å². The molecule has 1 aliphatic heterocycles. The Hall–Kier alpha value is -2.05. The predicted octanol–water partition coefficient (Wildman–Crippen LogP) is 3.27. The number of likely N-dealkylation sites (tertiary alicyclic amines) is 1. The van der Waals surface area contributed by atoms with Crippen LogP contribution in [0.5, 0.6) is 0 Å². The zero-order chi connectivity index (χ0) is 18.2. The van der Waals surface area contributed by atoms with Gasteiger partial charge in [-0.3, -0.25) is 9.89 Å². The van der Waals surface area contributed by atoms with Crippen molar-refractivity contribution in [3.63, 3.8) is 0 Å². The molecule has 0 bridgehead atoms. The van der Waals surface area contributed by atoms with E-state index in [4.69, 9.17) is 9.68 Å². The largest absolute Gasteiger partial charge is 0.468 e. The van der Waals surface area contributed by atoms with Crippen molar-refractivity contribution < 1.29 is 4.42 Å². The first-order valence-corrected chi connectivity index (χ1v) is 9.01. The molecule has 2 N–H and O–H groups in total. The summed E-state index contributed by atoms with van der Waals surface area (Å²) in [6, 6.07) is 13.9. The van der Waals surface area contributed by atoms with E-state index in [0.717, 1.165) is 36.9 Å². The molecule has 7 heteroatoms. The smallest absolute Gasteiger partial charge is 0.191 e. The quantitative estimate of drug-likeness (QED) is 0.378. The molecule has 3 rings (SSSR count). The van der Waals surface area contributed by atoms with Crippen LogP contribution >= 0.6 is 24.0 Å². The Morgan fingerprint density at radius 2 is 2.07 bits per heavy atom. The Morgan fingerprint density at radius 1 is 1.26 bits per heavy atom. The van der Waals surface area contributed by atoms with Gasteiger partial charge in [-0.05, 0) is 55.8 Å². The molecule has 0 spiro atoms. The lowest BCUT2D eigenvalue weighted by molar-refractivity contribution is 0.215. The van der Waals surface area contributed by atoms with Crippen LogP contribution in [0.2, 0.25) is 0 Å². The Bertz CT molecular complexity index is 763. The highest BCUT2D eigenvalue weighted by Crippen LogP contribution is 2.24. The summed E-state index contributed by atoms with van der Waals surface area (Å²) in [5, 5.41) is 15.7. The third kappa shape index (κ3) is 5.97. The molecule has 6 nitrogen and oxygen atoms in total. The lowest BCUT2D eigenvalue weighted by atomic mass is 10.1. The standard InChI is InChI=1S/C20H25N5O.HI/c1-22-20(23-14-17-7-4-6-16(12-17)13-21)24-15-18(19-8-5-11-26-19)25-9-2-3-10-25;/h4-8,11-12,18H,2-3,9-10,14-15H2,1H3,(H2,22,23,24);1H.